The van der Waals surface area contributed by atoms with Gasteiger partial charge in [0.2, 0.25) is 5.95 Å². The molecule has 3 unspecified atom stereocenters. The summed E-state index contributed by atoms with van der Waals surface area (Å²) in [5.41, 5.74) is 2.00. The number of nitrogens with one attached hydrogen (secondary N) is 1. The number of thioether (sulfide) groups is 1. The second-order valence-electron chi connectivity index (χ2n) is 10.4. The summed E-state index contributed by atoms with van der Waals surface area (Å²) in [4.78, 5) is 15.6. The summed E-state index contributed by atoms with van der Waals surface area (Å²) in [6, 6.07) is 8.86. The highest BCUT2D eigenvalue weighted by molar-refractivity contribution is 7.99. The molecule has 0 radical (unpaired) electrons. The number of ether oxygens (including phenoxy) is 1. The Bertz CT molecular complexity index is 1380. The number of rotatable bonds is 7. The van der Waals surface area contributed by atoms with Crippen LogP contribution in [-0.2, 0) is 17.3 Å². The zero-order chi connectivity index (χ0) is 28.0. The van der Waals surface area contributed by atoms with Gasteiger partial charge in [-0.15, -0.1) is 23.1 Å². The Hall–Kier alpha value is -2.38. The Morgan fingerprint density at radius 3 is 2.77 bits per heavy atom. The number of alkyl halides is 3. The summed E-state index contributed by atoms with van der Waals surface area (Å²) in [5, 5.41) is 12.5. The number of aromatic nitrogens is 2. The zero-order valence-corrected chi connectivity index (χ0v) is 24.0. The van der Waals surface area contributed by atoms with E-state index in [0.29, 0.717) is 30.1 Å². The molecule has 1 aromatic carbocycles. The van der Waals surface area contributed by atoms with E-state index in [-0.39, 0.29) is 24.4 Å². The van der Waals surface area contributed by atoms with E-state index in [1.165, 1.54) is 11.3 Å². The van der Waals surface area contributed by atoms with Crippen molar-refractivity contribution in [1.82, 2.24) is 14.9 Å². The molecule has 2 N–H and O–H groups in total. The van der Waals surface area contributed by atoms with Gasteiger partial charge in [-0.1, -0.05) is 6.92 Å². The van der Waals surface area contributed by atoms with Gasteiger partial charge in [-0.05, 0) is 49.6 Å². The number of aryl methyl sites for hydroxylation is 1. The first kappa shape index (κ1) is 27.8. The number of aliphatic hydroxyl groups is 1. The third kappa shape index (κ3) is 5.32. The predicted octanol–water partition coefficient (Wildman–Crippen LogP) is 5.97. The van der Waals surface area contributed by atoms with Crippen molar-refractivity contribution in [2.24, 2.45) is 0 Å². The molecule has 3 aromatic rings. The first-order valence-corrected chi connectivity index (χ1v) is 15.4. The van der Waals surface area contributed by atoms with E-state index < -0.39 is 11.7 Å². The second kappa shape index (κ2) is 11.1. The summed E-state index contributed by atoms with van der Waals surface area (Å²) in [6.45, 7) is 7.37. The number of piperazine rings is 1. The Labute approximate surface area is 239 Å². The minimum Gasteiger partial charge on any atom is -0.395 e. The van der Waals surface area contributed by atoms with Gasteiger partial charge in [-0.25, -0.2) is 9.97 Å². The molecule has 2 saturated heterocycles. The van der Waals surface area contributed by atoms with Crippen LogP contribution in [0.5, 0.6) is 0 Å². The minimum absolute atomic E-state index is 0.119. The molecule has 3 aliphatic heterocycles. The quantitative estimate of drug-likeness (QED) is 0.348. The number of benzene rings is 1. The van der Waals surface area contributed by atoms with Gasteiger partial charge in [0.1, 0.15) is 5.56 Å². The van der Waals surface area contributed by atoms with Crippen LogP contribution in [0.1, 0.15) is 42.4 Å². The fraction of sp³-hybridized carbons (Fsp3) is 0.500. The molecule has 3 aliphatic rings. The Morgan fingerprint density at radius 2 is 2.05 bits per heavy atom. The van der Waals surface area contributed by atoms with Crippen LogP contribution in [0.25, 0.3) is 10.6 Å². The molecule has 0 amide bonds. The summed E-state index contributed by atoms with van der Waals surface area (Å²) in [7, 11) is 0. The molecule has 2 bridgehead atoms. The lowest BCUT2D eigenvalue weighted by molar-refractivity contribution is -0.137. The maximum absolute atomic E-state index is 14.0. The molecule has 6 rings (SSSR count). The van der Waals surface area contributed by atoms with E-state index in [1.807, 2.05) is 13.0 Å². The van der Waals surface area contributed by atoms with Gasteiger partial charge in [0.05, 0.1) is 29.9 Å². The van der Waals surface area contributed by atoms with Crippen LogP contribution in [0.3, 0.4) is 0 Å². The fourth-order valence-corrected chi connectivity index (χ4v) is 8.30. The van der Waals surface area contributed by atoms with E-state index in [0.717, 1.165) is 64.6 Å². The lowest BCUT2D eigenvalue weighted by Crippen LogP contribution is -2.47. The van der Waals surface area contributed by atoms with Crippen LogP contribution in [0.15, 0.2) is 35.4 Å². The normalized spacial score (nSPS) is 22.9. The minimum atomic E-state index is -4.58. The van der Waals surface area contributed by atoms with Crippen LogP contribution >= 0.6 is 23.1 Å². The standard InChI is InChI=1S/C28H32F3N5O2S2/c1-3-17-10-18(36-15-19-11-20(36)14-35(19)6-7-37)4-5-22(17)33-27-32-13-21(28(29,30)31)25(34-27)23-12-24-26(40-23)16(2)38-8-9-39-24/h4-5,10,12-13,16,19-20,37H,3,6-9,11,14-15H2,1-2H3,(H,32,33,34). The van der Waals surface area contributed by atoms with Gasteiger partial charge in [0.15, 0.2) is 0 Å². The molecule has 5 heterocycles. The van der Waals surface area contributed by atoms with Gasteiger partial charge in [0.25, 0.3) is 0 Å². The fourth-order valence-electron chi connectivity index (χ4n) is 5.95. The van der Waals surface area contributed by atoms with Crippen molar-refractivity contribution >= 4 is 40.4 Å². The predicted molar refractivity (Wildman–Crippen MR) is 153 cm³/mol. The van der Waals surface area contributed by atoms with E-state index in [2.05, 4.69) is 44.1 Å². The summed E-state index contributed by atoms with van der Waals surface area (Å²) in [6.07, 6.45) is -2.04. The van der Waals surface area contributed by atoms with Crippen LogP contribution in [0.2, 0.25) is 0 Å². The Kier molecular flexibility index (Phi) is 7.73. The Balaban J connectivity index is 1.28. The molecule has 2 aromatic heterocycles. The highest BCUT2D eigenvalue weighted by atomic mass is 32.2. The van der Waals surface area contributed by atoms with Crippen molar-refractivity contribution in [2.75, 3.05) is 48.8 Å². The average molecular weight is 592 g/mol. The maximum Gasteiger partial charge on any atom is 0.420 e. The Morgan fingerprint density at radius 1 is 1.20 bits per heavy atom. The largest absolute Gasteiger partial charge is 0.420 e. The van der Waals surface area contributed by atoms with Gasteiger partial charge in [-0.3, -0.25) is 4.90 Å². The number of nitrogens with zero attached hydrogens (tertiary/aromatic N) is 4. The molecule has 3 atom stereocenters. The molecule has 7 nitrogen and oxygen atoms in total. The first-order valence-electron chi connectivity index (χ1n) is 13.6. The van der Waals surface area contributed by atoms with Crippen LogP contribution in [-0.4, -0.2) is 70.7 Å². The summed E-state index contributed by atoms with van der Waals surface area (Å²) < 4.78 is 47.8. The third-order valence-corrected chi connectivity index (χ3v) is 10.4. The van der Waals surface area contributed by atoms with E-state index in [4.69, 9.17) is 4.74 Å². The molecule has 40 heavy (non-hydrogen) atoms. The number of halogens is 3. The molecular formula is C28H32F3N5O2S2. The SMILES string of the molecule is CCc1cc(N2CC3CC2CN3CCO)ccc1Nc1ncc(C(F)(F)F)c(-c2cc3c(s2)C(C)OCCS3)n1. The number of hydrogen-bond acceptors (Lipinski definition) is 9. The van der Waals surface area contributed by atoms with Gasteiger partial charge in [0, 0.05) is 64.8 Å². The van der Waals surface area contributed by atoms with Gasteiger partial charge < -0.3 is 20.1 Å². The van der Waals surface area contributed by atoms with Gasteiger partial charge >= 0.3 is 6.18 Å². The monoisotopic (exact) mass is 591 g/mol. The topological polar surface area (TPSA) is 73.8 Å². The van der Waals surface area contributed by atoms with Crippen molar-refractivity contribution in [3.63, 3.8) is 0 Å². The summed E-state index contributed by atoms with van der Waals surface area (Å²) in [5.74, 6) is 0.886. The van der Waals surface area contributed by atoms with E-state index in [9.17, 15) is 18.3 Å². The molecular weight excluding hydrogens is 559 g/mol. The molecule has 12 heteroatoms. The van der Waals surface area contributed by atoms with E-state index in [1.54, 1.807) is 17.8 Å². The average Bonchev–Trinajstić information content (AvgIpc) is 3.63. The van der Waals surface area contributed by atoms with Crippen LogP contribution in [0, 0.1) is 0 Å². The zero-order valence-electron chi connectivity index (χ0n) is 22.4. The van der Waals surface area contributed by atoms with Crippen LogP contribution < -0.4 is 10.2 Å². The van der Waals surface area contributed by atoms with Crippen molar-refractivity contribution in [2.45, 2.75) is 55.9 Å². The highest BCUT2D eigenvalue weighted by Crippen LogP contribution is 2.45. The lowest BCUT2D eigenvalue weighted by atomic mass is 10.1. The number of β-amino-alcohol motifs (C(OH)–C–C–N with tert-alkyl or cyclic N) is 1. The first-order chi connectivity index (χ1) is 19.2. The van der Waals surface area contributed by atoms with Gasteiger partial charge in [-0.2, -0.15) is 13.2 Å². The lowest BCUT2D eigenvalue weighted by Gasteiger charge is -2.35. The molecule has 214 valence electrons. The number of anilines is 3. The van der Waals surface area contributed by atoms with Crippen LogP contribution in [0.4, 0.5) is 30.5 Å². The number of aliphatic hydroxyl groups excluding tert-OH is 1. The van der Waals surface area contributed by atoms with E-state index >= 15 is 0 Å². The second-order valence-corrected chi connectivity index (χ2v) is 12.6. The third-order valence-electron chi connectivity index (χ3n) is 7.92. The number of likely N-dealkylation sites (tertiary alicyclic amines) is 1. The number of thiophene rings is 1. The molecule has 0 spiro atoms. The smallest absolute Gasteiger partial charge is 0.395 e. The van der Waals surface area contributed by atoms with Crippen molar-refractivity contribution < 1.29 is 23.0 Å². The van der Waals surface area contributed by atoms with Crippen molar-refractivity contribution in [3.8, 4) is 10.6 Å². The molecule has 0 saturated carbocycles. The van der Waals surface area contributed by atoms with Crippen molar-refractivity contribution in [3.05, 3.63) is 46.5 Å². The number of hydrogen-bond donors (Lipinski definition) is 2. The molecule has 2 fully saturated rings. The maximum atomic E-state index is 14.0. The molecule has 0 aliphatic carbocycles. The number of fused-ring (bicyclic) bond motifs is 3. The highest BCUT2D eigenvalue weighted by Gasteiger charge is 2.43. The summed E-state index contributed by atoms with van der Waals surface area (Å²) >= 11 is 2.90. The van der Waals surface area contributed by atoms with Crippen molar-refractivity contribution in [1.29, 1.82) is 0 Å².